The highest BCUT2D eigenvalue weighted by molar-refractivity contribution is 7.90. The van der Waals surface area contributed by atoms with Crippen molar-refractivity contribution >= 4 is 50.4 Å². The van der Waals surface area contributed by atoms with Crippen molar-refractivity contribution in [2.24, 2.45) is 0 Å². The maximum absolute atomic E-state index is 12.9. The van der Waals surface area contributed by atoms with Gasteiger partial charge in [0.15, 0.2) is 15.6 Å². The summed E-state index contributed by atoms with van der Waals surface area (Å²) >= 11 is 17.9. The zero-order valence-electron chi connectivity index (χ0n) is 13.8. The van der Waals surface area contributed by atoms with Gasteiger partial charge in [-0.1, -0.05) is 71.2 Å². The van der Waals surface area contributed by atoms with Gasteiger partial charge in [0.25, 0.3) is 0 Å². The van der Waals surface area contributed by atoms with Gasteiger partial charge in [-0.25, -0.2) is 8.42 Å². The van der Waals surface area contributed by atoms with Gasteiger partial charge in [0.05, 0.1) is 15.7 Å². The molecule has 0 spiro atoms. The normalized spacial score (nSPS) is 11.4. The summed E-state index contributed by atoms with van der Waals surface area (Å²) in [4.78, 5) is 12.8. The van der Waals surface area contributed by atoms with E-state index >= 15 is 0 Å². The zero-order chi connectivity index (χ0) is 19.6. The van der Waals surface area contributed by atoms with E-state index in [1.807, 2.05) is 0 Å². The van der Waals surface area contributed by atoms with Crippen molar-refractivity contribution in [2.45, 2.75) is 10.6 Å². The fourth-order valence-electron chi connectivity index (χ4n) is 2.64. The standard InChI is InChI=1S/C20H13Cl3O3S/c21-15-7-6-14(17(10-15)20(24)13-4-2-1-3-5-13)12-27(25,26)19-9-8-16(22)11-18(19)23/h1-11H,12H2. The molecule has 138 valence electrons. The number of carbonyl (C=O) groups excluding carboxylic acids is 1. The van der Waals surface area contributed by atoms with Gasteiger partial charge in [-0.3, -0.25) is 4.79 Å². The van der Waals surface area contributed by atoms with Gasteiger partial charge in [-0.05, 0) is 35.9 Å². The molecule has 3 aromatic carbocycles. The smallest absolute Gasteiger partial charge is 0.193 e. The first-order valence-corrected chi connectivity index (χ1v) is 10.6. The van der Waals surface area contributed by atoms with Crippen molar-refractivity contribution in [3.8, 4) is 0 Å². The van der Waals surface area contributed by atoms with Crippen molar-refractivity contribution in [2.75, 3.05) is 0 Å². The summed E-state index contributed by atoms with van der Waals surface area (Å²) in [5, 5.41) is 0.720. The predicted octanol–water partition coefficient (Wildman–Crippen LogP) is 5.85. The van der Waals surface area contributed by atoms with Crippen LogP contribution in [0.2, 0.25) is 15.1 Å². The summed E-state index contributed by atoms with van der Waals surface area (Å²) in [6.07, 6.45) is 0. The fourth-order valence-corrected chi connectivity index (χ4v) is 5.02. The maximum Gasteiger partial charge on any atom is 0.193 e. The molecule has 0 amide bonds. The number of hydrogen-bond donors (Lipinski definition) is 0. The van der Waals surface area contributed by atoms with Crippen LogP contribution in [0.15, 0.2) is 71.6 Å². The van der Waals surface area contributed by atoms with Crippen molar-refractivity contribution in [3.63, 3.8) is 0 Å². The number of ketones is 1. The van der Waals surface area contributed by atoms with Crippen LogP contribution in [0.1, 0.15) is 21.5 Å². The first-order chi connectivity index (χ1) is 12.8. The lowest BCUT2D eigenvalue weighted by atomic mass is 9.99. The summed E-state index contributed by atoms with van der Waals surface area (Å²) in [7, 11) is -3.80. The molecule has 7 heteroatoms. The molecule has 0 bridgehead atoms. The van der Waals surface area contributed by atoms with E-state index in [4.69, 9.17) is 34.8 Å². The van der Waals surface area contributed by atoms with Crippen LogP contribution in [0.25, 0.3) is 0 Å². The molecule has 0 aliphatic heterocycles. The molecule has 0 saturated heterocycles. The van der Waals surface area contributed by atoms with Gasteiger partial charge in [0.1, 0.15) is 0 Å². The van der Waals surface area contributed by atoms with Gasteiger partial charge < -0.3 is 0 Å². The Bertz CT molecular complexity index is 1110. The van der Waals surface area contributed by atoms with Crippen LogP contribution >= 0.6 is 34.8 Å². The summed E-state index contributed by atoms with van der Waals surface area (Å²) in [6.45, 7) is 0. The Morgan fingerprint density at radius 1 is 0.815 bits per heavy atom. The molecule has 0 heterocycles. The average Bonchev–Trinajstić information content (AvgIpc) is 2.63. The fraction of sp³-hybridized carbons (Fsp3) is 0.0500. The minimum Gasteiger partial charge on any atom is -0.289 e. The molecular weight excluding hydrogens is 427 g/mol. The second-order valence-electron chi connectivity index (χ2n) is 5.83. The Labute approximate surface area is 172 Å². The van der Waals surface area contributed by atoms with E-state index in [0.717, 1.165) is 0 Å². The largest absolute Gasteiger partial charge is 0.289 e. The quantitative estimate of drug-likeness (QED) is 0.468. The monoisotopic (exact) mass is 438 g/mol. The van der Waals surface area contributed by atoms with E-state index < -0.39 is 9.84 Å². The molecule has 0 unspecified atom stereocenters. The molecule has 0 N–H and O–H groups in total. The minimum atomic E-state index is -3.80. The van der Waals surface area contributed by atoms with Crippen LogP contribution in [-0.4, -0.2) is 14.2 Å². The molecule has 3 rings (SSSR count). The van der Waals surface area contributed by atoms with Crippen molar-refractivity contribution in [3.05, 3.63) is 98.5 Å². The summed E-state index contributed by atoms with van der Waals surface area (Å²) < 4.78 is 25.7. The Balaban J connectivity index is 2.04. The molecule has 0 radical (unpaired) electrons. The molecule has 0 aliphatic carbocycles. The summed E-state index contributed by atoms with van der Waals surface area (Å²) in [5.74, 6) is -0.690. The number of halogens is 3. The van der Waals surface area contributed by atoms with Gasteiger partial charge in [-0.2, -0.15) is 0 Å². The van der Waals surface area contributed by atoms with Crippen molar-refractivity contribution in [1.29, 1.82) is 0 Å². The number of hydrogen-bond acceptors (Lipinski definition) is 3. The lowest BCUT2D eigenvalue weighted by molar-refractivity contribution is 0.103. The third-order valence-electron chi connectivity index (χ3n) is 3.93. The van der Waals surface area contributed by atoms with E-state index in [1.165, 1.54) is 24.3 Å². The topological polar surface area (TPSA) is 51.2 Å². The number of benzene rings is 3. The van der Waals surface area contributed by atoms with Gasteiger partial charge in [-0.15, -0.1) is 0 Å². The molecule has 0 aliphatic rings. The van der Waals surface area contributed by atoms with Crippen LogP contribution in [-0.2, 0) is 15.6 Å². The summed E-state index contributed by atoms with van der Waals surface area (Å²) in [6, 6.07) is 17.4. The third-order valence-corrected chi connectivity index (χ3v) is 6.54. The SMILES string of the molecule is O=C(c1ccccc1)c1cc(Cl)ccc1CS(=O)(=O)c1ccc(Cl)cc1Cl. The zero-order valence-corrected chi connectivity index (χ0v) is 16.9. The number of carbonyl (C=O) groups is 1. The van der Waals surface area contributed by atoms with Crippen LogP contribution < -0.4 is 0 Å². The van der Waals surface area contributed by atoms with Crippen LogP contribution in [0.3, 0.4) is 0 Å². The van der Waals surface area contributed by atoms with Gasteiger partial charge in [0, 0.05) is 21.2 Å². The second kappa shape index (κ2) is 8.03. The Morgan fingerprint density at radius 3 is 2.11 bits per heavy atom. The molecule has 0 saturated carbocycles. The molecule has 0 aromatic heterocycles. The third kappa shape index (κ3) is 4.53. The molecule has 3 nitrogen and oxygen atoms in total. The van der Waals surface area contributed by atoms with E-state index in [2.05, 4.69) is 0 Å². The number of rotatable bonds is 5. The Hall–Kier alpha value is -1.85. The van der Waals surface area contributed by atoms with E-state index in [-0.39, 0.29) is 27.0 Å². The highest BCUT2D eigenvalue weighted by Gasteiger charge is 2.23. The number of sulfone groups is 1. The lowest BCUT2D eigenvalue weighted by Gasteiger charge is -2.11. The minimum absolute atomic E-state index is 0.0346. The Morgan fingerprint density at radius 2 is 1.44 bits per heavy atom. The highest BCUT2D eigenvalue weighted by Crippen LogP contribution is 2.29. The first-order valence-electron chi connectivity index (χ1n) is 7.84. The lowest BCUT2D eigenvalue weighted by Crippen LogP contribution is -2.11. The van der Waals surface area contributed by atoms with Gasteiger partial charge in [0.2, 0.25) is 0 Å². The van der Waals surface area contributed by atoms with Crippen molar-refractivity contribution < 1.29 is 13.2 Å². The average molecular weight is 440 g/mol. The Kier molecular flexibility index (Phi) is 5.92. The molecular formula is C20H13Cl3O3S. The maximum atomic E-state index is 12.9. The van der Waals surface area contributed by atoms with E-state index in [0.29, 0.717) is 21.2 Å². The molecule has 27 heavy (non-hydrogen) atoms. The highest BCUT2D eigenvalue weighted by atomic mass is 35.5. The molecule has 0 atom stereocenters. The summed E-state index contributed by atoms with van der Waals surface area (Å²) in [5.41, 5.74) is 1.03. The second-order valence-corrected chi connectivity index (χ2v) is 9.07. The first kappa shape index (κ1) is 19.9. The van der Waals surface area contributed by atoms with Crippen LogP contribution in [0.5, 0.6) is 0 Å². The predicted molar refractivity (Wildman–Crippen MR) is 109 cm³/mol. The van der Waals surface area contributed by atoms with E-state index in [1.54, 1.807) is 42.5 Å². The van der Waals surface area contributed by atoms with Crippen LogP contribution in [0, 0.1) is 0 Å². The molecule has 3 aromatic rings. The van der Waals surface area contributed by atoms with Gasteiger partial charge >= 0.3 is 0 Å². The van der Waals surface area contributed by atoms with Crippen molar-refractivity contribution in [1.82, 2.24) is 0 Å². The van der Waals surface area contributed by atoms with E-state index in [9.17, 15) is 13.2 Å². The van der Waals surface area contributed by atoms with Crippen LogP contribution in [0.4, 0.5) is 0 Å². The molecule has 0 fully saturated rings.